The van der Waals surface area contributed by atoms with Crippen LogP contribution in [0, 0.1) is 0 Å². The minimum Gasteiger partial charge on any atom is -0.497 e. The highest BCUT2D eigenvalue weighted by molar-refractivity contribution is 5.47. The van der Waals surface area contributed by atoms with E-state index in [4.69, 9.17) is 4.74 Å². The Kier molecular flexibility index (Phi) is 4.06. The van der Waals surface area contributed by atoms with E-state index >= 15 is 0 Å². The molecule has 112 valence electrons. The molecule has 0 unspecified atom stereocenters. The summed E-state index contributed by atoms with van der Waals surface area (Å²) in [5, 5.41) is 22.0. The summed E-state index contributed by atoms with van der Waals surface area (Å²) in [6.07, 6.45) is 0.924. The van der Waals surface area contributed by atoms with Crippen LogP contribution in [0.4, 0.5) is 0 Å². The van der Waals surface area contributed by atoms with E-state index in [1.165, 1.54) is 4.68 Å². The Balaban J connectivity index is 1.83. The number of methoxy groups -OCH3 is 1. The summed E-state index contributed by atoms with van der Waals surface area (Å²) < 4.78 is 6.70. The number of tetrazole rings is 1. The van der Waals surface area contributed by atoms with E-state index < -0.39 is 6.10 Å². The van der Waals surface area contributed by atoms with E-state index in [1.807, 2.05) is 36.4 Å². The van der Waals surface area contributed by atoms with Gasteiger partial charge in [0.15, 0.2) is 0 Å². The fourth-order valence-electron chi connectivity index (χ4n) is 2.12. The fourth-order valence-corrected chi connectivity index (χ4v) is 2.12. The molecular formula is C15H15N5O2. The molecule has 1 N–H and O–H groups in total. The molecule has 1 aromatic carbocycles. The third kappa shape index (κ3) is 2.94. The van der Waals surface area contributed by atoms with E-state index in [2.05, 4.69) is 20.5 Å². The van der Waals surface area contributed by atoms with Crippen molar-refractivity contribution in [1.29, 1.82) is 0 Å². The van der Waals surface area contributed by atoms with Crippen LogP contribution < -0.4 is 4.74 Å². The van der Waals surface area contributed by atoms with Crippen molar-refractivity contribution in [3.05, 3.63) is 54.2 Å². The SMILES string of the molecule is COc1cccc([C@@H](O)Cn2nnnc2-c2ccccn2)c1. The Morgan fingerprint density at radius 3 is 2.91 bits per heavy atom. The van der Waals surface area contributed by atoms with Gasteiger partial charge in [-0.15, -0.1) is 5.10 Å². The summed E-state index contributed by atoms with van der Waals surface area (Å²) in [5.41, 5.74) is 1.40. The lowest BCUT2D eigenvalue weighted by Crippen LogP contribution is -2.12. The maximum absolute atomic E-state index is 10.4. The van der Waals surface area contributed by atoms with Crippen molar-refractivity contribution in [2.45, 2.75) is 12.6 Å². The standard InChI is InChI=1S/C15H15N5O2/c1-22-12-6-4-5-11(9-12)14(21)10-20-15(17-18-19-20)13-7-2-3-8-16-13/h2-9,14,21H,10H2,1H3/t14-/m0/s1. The van der Waals surface area contributed by atoms with Crippen LogP contribution in [-0.4, -0.2) is 37.4 Å². The number of rotatable bonds is 5. The predicted molar refractivity (Wildman–Crippen MR) is 79.0 cm³/mol. The Morgan fingerprint density at radius 2 is 2.14 bits per heavy atom. The Hall–Kier alpha value is -2.80. The number of pyridine rings is 1. The second-order valence-electron chi connectivity index (χ2n) is 4.69. The van der Waals surface area contributed by atoms with Gasteiger partial charge in [-0.3, -0.25) is 4.98 Å². The third-order valence-electron chi connectivity index (χ3n) is 3.25. The summed E-state index contributed by atoms with van der Waals surface area (Å²) >= 11 is 0. The van der Waals surface area contributed by atoms with Crippen molar-refractivity contribution in [1.82, 2.24) is 25.2 Å². The highest BCUT2D eigenvalue weighted by Crippen LogP contribution is 2.21. The monoisotopic (exact) mass is 297 g/mol. The molecule has 0 saturated carbocycles. The minimum atomic E-state index is -0.749. The summed E-state index contributed by atoms with van der Waals surface area (Å²) in [4.78, 5) is 4.22. The molecule has 2 aromatic heterocycles. The van der Waals surface area contributed by atoms with Gasteiger partial charge in [0.05, 0.1) is 19.8 Å². The molecule has 0 spiro atoms. The zero-order valence-corrected chi connectivity index (χ0v) is 12.0. The molecule has 7 heteroatoms. The molecule has 0 amide bonds. The molecule has 0 aliphatic heterocycles. The minimum absolute atomic E-state index is 0.228. The smallest absolute Gasteiger partial charge is 0.200 e. The first-order valence-corrected chi connectivity index (χ1v) is 6.77. The highest BCUT2D eigenvalue weighted by Gasteiger charge is 2.15. The van der Waals surface area contributed by atoms with E-state index in [0.29, 0.717) is 17.3 Å². The molecule has 7 nitrogen and oxygen atoms in total. The first-order valence-electron chi connectivity index (χ1n) is 6.77. The number of aromatic nitrogens is 5. The van der Waals surface area contributed by atoms with Crippen LogP contribution in [0.15, 0.2) is 48.7 Å². The van der Waals surface area contributed by atoms with Gasteiger partial charge in [0.25, 0.3) is 0 Å². The zero-order valence-electron chi connectivity index (χ0n) is 12.0. The topological polar surface area (TPSA) is 86.0 Å². The highest BCUT2D eigenvalue weighted by atomic mass is 16.5. The predicted octanol–water partition coefficient (Wildman–Crippen LogP) is 1.48. The average molecular weight is 297 g/mol. The number of hydrogen-bond donors (Lipinski definition) is 1. The summed E-state index contributed by atoms with van der Waals surface area (Å²) in [5.74, 6) is 1.21. The molecule has 0 aliphatic rings. The van der Waals surface area contributed by atoms with Crippen LogP contribution >= 0.6 is 0 Å². The lowest BCUT2D eigenvalue weighted by atomic mass is 10.1. The molecule has 3 aromatic rings. The first-order chi connectivity index (χ1) is 10.8. The average Bonchev–Trinajstić information content (AvgIpc) is 3.04. The van der Waals surface area contributed by atoms with Crippen molar-refractivity contribution >= 4 is 0 Å². The van der Waals surface area contributed by atoms with Gasteiger partial charge in [-0.25, -0.2) is 4.68 Å². The number of aliphatic hydroxyl groups excluding tert-OH is 1. The lowest BCUT2D eigenvalue weighted by molar-refractivity contribution is 0.151. The van der Waals surface area contributed by atoms with Crippen molar-refractivity contribution in [3.8, 4) is 17.3 Å². The largest absolute Gasteiger partial charge is 0.497 e. The van der Waals surface area contributed by atoms with Gasteiger partial charge in [-0.2, -0.15) is 0 Å². The Bertz CT molecular complexity index is 744. The van der Waals surface area contributed by atoms with Crippen LogP contribution in [0.1, 0.15) is 11.7 Å². The molecule has 0 saturated heterocycles. The van der Waals surface area contributed by atoms with Gasteiger partial charge in [0, 0.05) is 6.20 Å². The molecule has 0 radical (unpaired) electrons. The number of ether oxygens (including phenoxy) is 1. The van der Waals surface area contributed by atoms with Crippen LogP contribution in [0.25, 0.3) is 11.5 Å². The summed E-state index contributed by atoms with van der Waals surface area (Å²) in [6, 6.07) is 12.8. The number of aliphatic hydroxyl groups is 1. The van der Waals surface area contributed by atoms with Gasteiger partial charge in [-0.1, -0.05) is 18.2 Å². The van der Waals surface area contributed by atoms with Crippen molar-refractivity contribution in [3.63, 3.8) is 0 Å². The van der Waals surface area contributed by atoms with Crippen molar-refractivity contribution < 1.29 is 9.84 Å². The summed E-state index contributed by atoms with van der Waals surface area (Å²) in [7, 11) is 1.59. The normalized spacial score (nSPS) is 12.1. The number of hydrogen-bond acceptors (Lipinski definition) is 6. The van der Waals surface area contributed by atoms with Gasteiger partial charge in [0.2, 0.25) is 5.82 Å². The van der Waals surface area contributed by atoms with Gasteiger partial charge >= 0.3 is 0 Å². The zero-order chi connectivity index (χ0) is 15.4. The van der Waals surface area contributed by atoms with Crippen molar-refractivity contribution in [2.24, 2.45) is 0 Å². The van der Waals surface area contributed by atoms with Crippen LogP contribution in [0.2, 0.25) is 0 Å². The van der Waals surface area contributed by atoms with E-state index in [0.717, 1.165) is 5.56 Å². The van der Waals surface area contributed by atoms with E-state index in [-0.39, 0.29) is 6.54 Å². The molecule has 1 atom stereocenters. The maximum Gasteiger partial charge on any atom is 0.200 e. The van der Waals surface area contributed by atoms with Gasteiger partial charge < -0.3 is 9.84 Å². The molecule has 0 bridgehead atoms. The number of nitrogens with zero attached hydrogens (tertiary/aromatic N) is 5. The summed E-state index contributed by atoms with van der Waals surface area (Å²) in [6.45, 7) is 0.228. The first kappa shape index (κ1) is 14.2. The van der Waals surface area contributed by atoms with Crippen LogP contribution in [-0.2, 0) is 6.54 Å². The second kappa shape index (κ2) is 6.31. The molecule has 0 fully saturated rings. The quantitative estimate of drug-likeness (QED) is 0.767. The second-order valence-corrected chi connectivity index (χ2v) is 4.69. The lowest BCUT2D eigenvalue weighted by Gasteiger charge is -2.12. The van der Waals surface area contributed by atoms with E-state index in [9.17, 15) is 5.11 Å². The molecule has 2 heterocycles. The Labute approximate surface area is 127 Å². The fraction of sp³-hybridized carbons (Fsp3) is 0.200. The van der Waals surface area contributed by atoms with Crippen molar-refractivity contribution in [2.75, 3.05) is 7.11 Å². The van der Waals surface area contributed by atoms with E-state index in [1.54, 1.807) is 19.4 Å². The maximum atomic E-state index is 10.4. The number of benzene rings is 1. The van der Waals surface area contributed by atoms with Crippen LogP contribution in [0.3, 0.4) is 0 Å². The molecule has 0 aliphatic carbocycles. The van der Waals surface area contributed by atoms with Gasteiger partial charge in [-0.05, 0) is 40.3 Å². The third-order valence-corrected chi connectivity index (χ3v) is 3.25. The van der Waals surface area contributed by atoms with Gasteiger partial charge in [0.1, 0.15) is 11.4 Å². The Morgan fingerprint density at radius 1 is 1.23 bits per heavy atom. The molecule has 3 rings (SSSR count). The molecular weight excluding hydrogens is 282 g/mol. The van der Waals surface area contributed by atoms with Crippen LogP contribution in [0.5, 0.6) is 5.75 Å². The molecule has 22 heavy (non-hydrogen) atoms.